The van der Waals surface area contributed by atoms with Gasteiger partial charge in [-0.05, 0) is 19.4 Å². The van der Waals surface area contributed by atoms with Gasteiger partial charge in [0.05, 0.1) is 12.1 Å². The van der Waals surface area contributed by atoms with Crippen LogP contribution in [0.1, 0.15) is 39.8 Å². The second kappa shape index (κ2) is 9.11. The molecule has 0 radical (unpaired) electrons. The van der Waals surface area contributed by atoms with Gasteiger partial charge in [0.1, 0.15) is 17.2 Å². The number of amides is 2. The number of benzene rings is 1. The number of nitrogens with zero attached hydrogens (tertiary/aromatic N) is 2. The van der Waals surface area contributed by atoms with Gasteiger partial charge in [-0.1, -0.05) is 6.07 Å². The summed E-state index contributed by atoms with van der Waals surface area (Å²) in [5.74, 6) is -3.60. The molecule has 1 aliphatic heterocycles. The van der Waals surface area contributed by atoms with Gasteiger partial charge in [-0.2, -0.15) is 0 Å². The molecule has 8 nitrogen and oxygen atoms in total. The van der Waals surface area contributed by atoms with E-state index in [1.54, 1.807) is 12.0 Å². The first-order valence-corrected chi connectivity index (χ1v) is 10.2. The maximum Gasteiger partial charge on any atom is 0.275 e. The summed E-state index contributed by atoms with van der Waals surface area (Å²) in [6.45, 7) is 2.70. The van der Waals surface area contributed by atoms with E-state index >= 15 is 0 Å². The van der Waals surface area contributed by atoms with Gasteiger partial charge in [0.2, 0.25) is 5.43 Å². The second-order valence-corrected chi connectivity index (χ2v) is 8.12. The first-order chi connectivity index (χ1) is 15.2. The van der Waals surface area contributed by atoms with Crippen molar-refractivity contribution in [3.8, 4) is 5.75 Å². The maximum absolute atomic E-state index is 13.8. The van der Waals surface area contributed by atoms with E-state index in [4.69, 9.17) is 4.74 Å². The number of carbonyl (C=O) groups excluding carboxylic acids is 2. The lowest BCUT2D eigenvalue weighted by Crippen LogP contribution is -2.52. The van der Waals surface area contributed by atoms with Crippen LogP contribution in [0.15, 0.2) is 29.2 Å². The summed E-state index contributed by atoms with van der Waals surface area (Å²) in [5.41, 5.74) is -1.98. The van der Waals surface area contributed by atoms with Crippen molar-refractivity contribution >= 4 is 24.2 Å². The Hall–Kier alpha value is -2.98. The molecular weight excluding hydrogens is 460 g/mol. The van der Waals surface area contributed by atoms with Crippen LogP contribution in [0.4, 0.5) is 8.78 Å². The highest BCUT2D eigenvalue weighted by Crippen LogP contribution is 2.52. The fraction of sp³-hybridized carbons (Fsp3) is 0.409. The van der Waals surface area contributed by atoms with Gasteiger partial charge in [-0.25, -0.2) is 8.78 Å². The lowest BCUT2D eigenvalue weighted by molar-refractivity contribution is 0.0491. The molecule has 4 rings (SSSR count). The highest BCUT2D eigenvalue weighted by Gasteiger charge is 2.62. The topological polar surface area (TPSA) is 101 Å². The average Bonchev–Trinajstić information content (AvgIpc) is 3.41. The van der Waals surface area contributed by atoms with E-state index < -0.39 is 40.2 Å². The number of pyridine rings is 1. The predicted octanol–water partition coefficient (Wildman–Crippen LogP) is 2.06. The van der Waals surface area contributed by atoms with Gasteiger partial charge in [-0.3, -0.25) is 14.4 Å². The van der Waals surface area contributed by atoms with Gasteiger partial charge >= 0.3 is 0 Å². The first kappa shape index (κ1) is 24.7. The SMILES string of the molecule is CCN1C(=O)c2c(O)c(=O)c(C(=O)NCc3ccc(F)cc3F)cn2C[C@@]12C[C@@H]2COC.Cl. The molecule has 0 bridgehead atoms. The minimum Gasteiger partial charge on any atom is -0.503 e. The number of aromatic nitrogens is 1. The van der Waals surface area contributed by atoms with Crippen LogP contribution in [0.25, 0.3) is 0 Å². The van der Waals surface area contributed by atoms with Gasteiger partial charge in [0, 0.05) is 50.5 Å². The van der Waals surface area contributed by atoms with Crippen LogP contribution in [0.3, 0.4) is 0 Å². The Balaban J connectivity index is 0.00000306. The summed E-state index contributed by atoms with van der Waals surface area (Å²) in [6.07, 6.45) is 1.96. The normalized spacial score (nSPS) is 20.9. The Morgan fingerprint density at radius 1 is 1.33 bits per heavy atom. The zero-order valence-electron chi connectivity index (χ0n) is 18.1. The van der Waals surface area contributed by atoms with Crippen molar-refractivity contribution in [2.75, 3.05) is 20.3 Å². The number of nitrogens with one attached hydrogen (secondary N) is 1. The van der Waals surface area contributed by atoms with Crippen LogP contribution in [0.5, 0.6) is 5.75 Å². The van der Waals surface area contributed by atoms with Gasteiger partial charge in [0.15, 0.2) is 11.4 Å². The van der Waals surface area contributed by atoms with E-state index in [0.717, 1.165) is 6.07 Å². The molecule has 1 aliphatic carbocycles. The number of rotatable bonds is 6. The van der Waals surface area contributed by atoms with Crippen LogP contribution in [0, 0.1) is 17.6 Å². The molecule has 2 aromatic rings. The zero-order chi connectivity index (χ0) is 23.2. The Bertz CT molecular complexity index is 1170. The van der Waals surface area contributed by atoms with Crippen molar-refractivity contribution in [1.29, 1.82) is 0 Å². The molecule has 0 unspecified atom stereocenters. The van der Waals surface area contributed by atoms with Crippen molar-refractivity contribution in [2.24, 2.45) is 5.92 Å². The van der Waals surface area contributed by atoms with Crippen LogP contribution in [-0.2, 0) is 17.8 Å². The maximum atomic E-state index is 13.8. The molecule has 178 valence electrons. The minimum atomic E-state index is -0.988. The molecule has 33 heavy (non-hydrogen) atoms. The number of likely N-dealkylation sites (N-methyl/N-ethyl adjacent to an activating group) is 1. The smallest absolute Gasteiger partial charge is 0.275 e. The Morgan fingerprint density at radius 2 is 2.06 bits per heavy atom. The van der Waals surface area contributed by atoms with E-state index in [1.165, 1.54) is 16.8 Å². The number of fused-ring (bicyclic) bond motifs is 1. The third-order valence-electron chi connectivity index (χ3n) is 6.27. The minimum absolute atomic E-state index is 0. The molecular formula is C22H24ClF2N3O5. The highest BCUT2D eigenvalue weighted by molar-refractivity contribution is 5.99. The lowest BCUT2D eigenvalue weighted by Gasteiger charge is -2.39. The molecule has 1 aromatic heterocycles. The standard InChI is InChI=1S/C22H23F2N3O5.ClH/c1-3-27-21(31)17-19(29)18(28)15(9-26(17)11-22(27)7-13(22)10-32-2)20(30)25-8-12-4-5-14(23)6-16(12)24;/h4-6,9,13,29H,3,7-8,10-11H2,1-2H3,(H,25,30);1H/t13-,22-;/m1./s1. The third kappa shape index (κ3) is 4.08. The van der Waals surface area contributed by atoms with Crippen LogP contribution < -0.4 is 10.7 Å². The van der Waals surface area contributed by atoms with Crippen LogP contribution in [-0.4, -0.2) is 52.2 Å². The summed E-state index contributed by atoms with van der Waals surface area (Å²) >= 11 is 0. The molecule has 2 N–H and O–H groups in total. The fourth-order valence-corrected chi connectivity index (χ4v) is 4.57. The van der Waals surface area contributed by atoms with E-state index in [0.29, 0.717) is 32.2 Å². The number of hydrogen-bond donors (Lipinski definition) is 2. The second-order valence-electron chi connectivity index (χ2n) is 8.12. The Kier molecular flexibility index (Phi) is 6.80. The van der Waals surface area contributed by atoms with E-state index in [-0.39, 0.29) is 41.7 Å². The number of carbonyl (C=O) groups is 2. The fourth-order valence-electron chi connectivity index (χ4n) is 4.57. The molecule has 2 heterocycles. The van der Waals surface area contributed by atoms with Gasteiger partial charge in [0.25, 0.3) is 11.8 Å². The summed E-state index contributed by atoms with van der Waals surface area (Å²) < 4.78 is 33.6. The number of hydrogen-bond acceptors (Lipinski definition) is 5. The quantitative estimate of drug-likeness (QED) is 0.655. The largest absolute Gasteiger partial charge is 0.503 e. The summed E-state index contributed by atoms with van der Waals surface area (Å²) in [6, 6.07) is 2.94. The van der Waals surface area contributed by atoms with Crippen molar-refractivity contribution < 1.29 is 28.2 Å². The molecule has 1 saturated carbocycles. The zero-order valence-corrected chi connectivity index (χ0v) is 18.9. The number of halogens is 3. The van der Waals surface area contributed by atoms with Crippen molar-refractivity contribution in [3.05, 3.63) is 63.1 Å². The average molecular weight is 484 g/mol. The summed E-state index contributed by atoms with van der Waals surface area (Å²) in [4.78, 5) is 40.0. The number of aromatic hydroxyl groups is 1. The molecule has 0 saturated heterocycles. The number of methoxy groups -OCH3 is 1. The van der Waals surface area contributed by atoms with E-state index in [1.807, 2.05) is 6.92 Å². The molecule has 1 aromatic carbocycles. The molecule has 11 heteroatoms. The number of ether oxygens (including phenoxy) is 1. The van der Waals surface area contributed by atoms with Gasteiger partial charge in [-0.15, -0.1) is 12.4 Å². The summed E-state index contributed by atoms with van der Waals surface area (Å²) in [7, 11) is 1.58. The molecule has 2 aliphatic rings. The molecule has 1 fully saturated rings. The Morgan fingerprint density at radius 3 is 2.70 bits per heavy atom. The monoisotopic (exact) mass is 483 g/mol. The summed E-state index contributed by atoms with van der Waals surface area (Å²) in [5, 5.41) is 12.9. The van der Waals surface area contributed by atoms with Crippen molar-refractivity contribution in [3.63, 3.8) is 0 Å². The van der Waals surface area contributed by atoms with Crippen LogP contribution in [0.2, 0.25) is 0 Å². The molecule has 2 amide bonds. The predicted molar refractivity (Wildman–Crippen MR) is 117 cm³/mol. The molecule has 1 spiro atoms. The lowest BCUT2D eigenvalue weighted by atomic mass is 10.0. The van der Waals surface area contributed by atoms with Gasteiger partial charge < -0.3 is 24.6 Å². The third-order valence-corrected chi connectivity index (χ3v) is 6.27. The van der Waals surface area contributed by atoms with E-state index in [2.05, 4.69) is 5.32 Å². The van der Waals surface area contributed by atoms with Crippen molar-refractivity contribution in [2.45, 2.75) is 32.0 Å². The molecule has 2 atom stereocenters. The first-order valence-electron chi connectivity index (χ1n) is 10.2. The van der Waals surface area contributed by atoms with Crippen molar-refractivity contribution in [1.82, 2.24) is 14.8 Å². The van der Waals surface area contributed by atoms with Crippen LogP contribution >= 0.6 is 12.4 Å². The highest BCUT2D eigenvalue weighted by atomic mass is 35.5. The Labute approximate surface area is 194 Å². The van der Waals surface area contributed by atoms with E-state index in [9.17, 15) is 28.3 Å².